The molecule has 1 fully saturated rings. The maximum Gasteiger partial charge on any atom is 0.123 e. The molecule has 0 unspecified atom stereocenters. The first-order chi connectivity index (χ1) is 7.81. The number of rotatable bonds is 4. The monoisotopic (exact) mass is 223 g/mol. The first kappa shape index (κ1) is 11.6. The van der Waals surface area contributed by atoms with E-state index in [2.05, 4.69) is 21.5 Å². The second-order valence-electron chi connectivity index (χ2n) is 4.45. The van der Waals surface area contributed by atoms with Crippen molar-refractivity contribution in [3.63, 3.8) is 0 Å². The van der Waals surface area contributed by atoms with E-state index in [1.54, 1.807) is 0 Å². The number of piperidine rings is 1. The van der Waals surface area contributed by atoms with Crippen molar-refractivity contribution in [3.05, 3.63) is 18.2 Å². The van der Waals surface area contributed by atoms with E-state index in [4.69, 9.17) is 4.74 Å². The van der Waals surface area contributed by atoms with Gasteiger partial charge < -0.3 is 14.2 Å². The van der Waals surface area contributed by atoms with Gasteiger partial charge in [0.15, 0.2) is 0 Å². The second-order valence-corrected chi connectivity index (χ2v) is 4.45. The van der Waals surface area contributed by atoms with E-state index < -0.39 is 0 Å². The first-order valence-electron chi connectivity index (χ1n) is 6.08. The van der Waals surface area contributed by atoms with Gasteiger partial charge in [-0.15, -0.1) is 0 Å². The van der Waals surface area contributed by atoms with Gasteiger partial charge in [0.2, 0.25) is 0 Å². The fourth-order valence-corrected chi connectivity index (χ4v) is 2.25. The van der Waals surface area contributed by atoms with Crippen LogP contribution in [0.25, 0.3) is 0 Å². The Morgan fingerprint density at radius 1 is 1.44 bits per heavy atom. The topological polar surface area (TPSA) is 30.3 Å². The van der Waals surface area contributed by atoms with Gasteiger partial charge in [0.1, 0.15) is 12.6 Å². The van der Waals surface area contributed by atoms with Crippen LogP contribution in [-0.2, 0) is 11.5 Å². The number of imidazole rings is 1. The Balaban J connectivity index is 1.99. The number of likely N-dealkylation sites (tertiary alicyclic amines) is 1. The summed E-state index contributed by atoms with van der Waals surface area (Å²) in [4.78, 5) is 6.86. The molecule has 0 bridgehead atoms. The minimum Gasteiger partial charge on any atom is -0.361 e. The van der Waals surface area contributed by atoms with Gasteiger partial charge in [0, 0.05) is 24.9 Å². The molecule has 2 rings (SSSR count). The minimum atomic E-state index is 0.603. The summed E-state index contributed by atoms with van der Waals surface area (Å²) in [7, 11) is 2.18. The van der Waals surface area contributed by atoms with Gasteiger partial charge >= 0.3 is 0 Å². The molecule has 0 N–H and O–H groups in total. The van der Waals surface area contributed by atoms with Gasteiger partial charge in [0.05, 0.1) is 0 Å². The van der Waals surface area contributed by atoms with E-state index in [-0.39, 0.29) is 0 Å². The summed E-state index contributed by atoms with van der Waals surface area (Å²) in [5.74, 6) is 1.80. The Bertz CT molecular complexity index is 316. The summed E-state index contributed by atoms with van der Waals surface area (Å²) in [6.45, 7) is 5.76. The van der Waals surface area contributed by atoms with Gasteiger partial charge in [-0.25, -0.2) is 4.98 Å². The largest absolute Gasteiger partial charge is 0.361 e. The molecular weight excluding hydrogens is 202 g/mol. The average molecular weight is 223 g/mol. The predicted octanol–water partition coefficient (Wildman–Crippen LogP) is 1.69. The maximum absolute atomic E-state index is 5.44. The van der Waals surface area contributed by atoms with Crippen molar-refractivity contribution in [2.45, 2.75) is 32.4 Å². The molecule has 1 aromatic heterocycles. The molecule has 0 saturated carbocycles. The van der Waals surface area contributed by atoms with Crippen molar-refractivity contribution >= 4 is 0 Å². The third-order valence-corrected chi connectivity index (χ3v) is 3.27. The number of aromatic nitrogens is 2. The highest BCUT2D eigenvalue weighted by Crippen LogP contribution is 2.26. The van der Waals surface area contributed by atoms with Crippen molar-refractivity contribution in [3.8, 4) is 0 Å². The van der Waals surface area contributed by atoms with Crippen LogP contribution in [0.5, 0.6) is 0 Å². The number of hydrogen-bond donors (Lipinski definition) is 0. The zero-order valence-corrected chi connectivity index (χ0v) is 10.2. The van der Waals surface area contributed by atoms with E-state index in [1.807, 2.05) is 19.3 Å². The molecule has 4 heteroatoms. The highest BCUT2D eigenvalue weighted by atomic mass is 16.5. The molecule has 1 aromatic rings. The van der Waals surface area contributed by atoms with Crippen molar-refractivity contribution in [2.75, 3.05) is 26.7 Å². The fourth-order valence-electron chi connectivity index (χ4n) is 2.25. The van der Waals surface area contributed by atoms with E-state index in [1.165, 1.54) is 31.8 Å². The zero-order valence-electron chi connectivity index (χ0n) is 10.2. The Morgan fingerprint density at radius 2 is 2.19 bits per heavy atom. The standard InChI is InChI=1S/C12H21N3O/c1-3-16-10-15-9-6-13-12(15)11-4-7-14(2)8-5-11/h6,9,11H,3-5,7-8,10H2,1-2H3. The molecule has 0 aliphatic carbocycles. The van der Waals surface area contributed by atoms with Gasteiger partial charge in [-0.2, -0.15) is 0 Å². The molecule has 0 spiro atoms. The number of nitrogens with zero attached hydrogens (tertiary/aromatic N) is 3. The van der Waals surface area contributed by atoms with Crippen molar-refractivity contribution in [1.29, 1.82) is 0 Å². The van der Waals surface area contributed by atoms with E-state index >= 15 is 0 Å². The molecule has 16 heavy (non-hydrogen) atoms. The molecule has 90 valence electrons. The van der Waals surface area contributed by atoms with Crippen molar-refractivity contribution in [2.24, 2.45) is 0 Å². The van der Waals surface area contributed by atoms with Crippen LogP contribution >= 0.6 is 0 Å². The lowest BCUT2D eigenvalue weighted by Crippen LogP contribution is -2.30. The normalized spacial score (nSPS) is 19.1. The summed E-state index contributed by atoms with van der Waals surface area (Å²) < 4.78 is 7.58. The van der Waals surface area contributed by atoms with Gasteiger partial charge in [0.25, 0.3) is 0 Å². The Kier molecular flexibility index (Phi) is 3.96. The van der Waals surface area contributed by atoms with Crippen LogP contribution in [-0.4, -0.2) is 41.2 Å². The summed E-state index contributed by atoms with van der Waals surface area (Å²) in [5.41, 5.74) is 0. The molecule has 0 radical (unpaired) electrons. The smallest absolute Gasteiger partial charge is 0.123 e. The van der Waals surface area contributed by atoms with Crippen LogP contribution in [0.15, 0.2) is 12.4 Å². The molecule has 1 aliphatic heterocycles. The molecule has 2 heterocycles. The average Bonchev–Trinajstić information content (AvgIpc) is 2.75. The molecule has 1 saturated heterocycles. The summed E-state index contributed by atoms with van der Waals surface area (Å²) >= 11 is 0. The minimum absolute atomic E-state index is 0.603. The van der Waals surface area contributed by atoms with Crippen LogP contribution in [0.2, 0.25) is 0 Å². The predicted molar refractivity (Wildman–Crippen MR) is 63.3 cm³/mol. The number of ether oxygens (including phenoxy) is 1. The Morgan fingerprint density at radius 3 is 2.88 bits per heavy atom. The lowest BCUT2D eigenvalue weighted by Gasteiger charge is -2.28. The molecule has 0 amide bonds. The van der Waals surface area contributed by atoms with E-state index in [9.17, 15) is 0 Å². The van der Waals surface area contributed by atoms with Crippen LogP contribution in [0.1, 0.15) is 31.5 Å². The molecule has 4 nitrogen and oxygen atoms in total. The van der Waals surface area contributed by atoms with Crippen LogP contribution in [0.3, 0.4) is 0 Å². The molecule has 0 atom stereocenters. The summed E-state index contributed by atoms with van der Waals surface area (Å²) in [5, 5.41) is 0. The van der Waals surface area contributed by atoms with Crippen molar-refractivity contribution in [1.82, 2.24) is 14.5 Å². The van der Waals surface area contributed by atoms with Crippen LogP contribution in [0, 0.1) is 0 Å². The number of hydrogen-bond acceptors (Lipinski definition) is 3. The molecule has 1 aliphatic rings. The summed E-state index contributed by atoms with van der Waals surface area (Å²) in [6.07, 6.45) is 6.31. The Hall–Kier alpha value is -0.870. The van der Waals surface area contributed by atoms with Gasteiger partial charge in [-0.05, 0) is 39.9 Å². The lowest BCUT2D eigenvalue weighted by molar-refractivity contribution is 0.0837. The second kappa shape index (κ2) is 5.46. The van der Waals surface area contributed by atoms with Gasteiger partial charge in [-0.1, -0.05) is 0 Å². The Labute approximate surface area is 97.2 Å². The molecule has 0 aromatic carbocycles. The van der Waals surface area contributed by atoms with Crippen LogP contribution in [0.4, 0.5) is 0 Å². The van der Waals surface area contributed by atoms with Gasteiger partial charge in [-0.3, -0.25) is 0 Å². The maximum atomic E-state index is 5.44. The zero-order chi connectivity index (χ0) is 11.4. The first-order valence-corrected chi connectivity index (χ1v) is 6.08. The van der Waals surface area contributed by atoms with E-state index in [0.717, 1.165) is 6.61 Å². The molecular formula is C12H21N3O. The summed E-state index contributed by atoms with van der Waals surface area (Å²) in [6, 6.07) is 0. The third-order valence-electron chi connectivity index (χ3n) is 3.27. The third kappa shape index (κ3) is 2.62. The van der Waals surface area contributed by atoms with Crippen LogP contribution < -0.4 is 0 Å². The highest BCUT2D eigenvalue weighted by molar-refractivity contribution is 5.02. The van der Waals surface area contributed by atoms with E-state index in [0.29, 0.717) is 12.6 Å². The quantitative estimate of drug-likeness (QED) is 0.778. The SMILES string of the molecule is CCOCn1ccnc1C1CCN(C)CC1. The highest BCUT2D eigenvalue weighted by Gasteiger charge is 2.21. The fraction of sp³-hybridized carbons (Fsp3) is 0.750. The van der Waals surface area contributed by atoms with Crippen molar-refractivity contribution < 1.29 is 4.74 Å². The lowest BCUT2D eigenvalue weighted by atomic mass is 9.96.